The summed E-state index contributed by atoms with van der Waals surface area (Å²) in [5, 5.41) is 9.83. The molecule has 2 saturated heterocycles. The molecule has 266 valence electrons. The molecule has 2 aliphatic heterocycles. The van der Waals surface area contributed by atoms with Gasteiger partial charge in [0.1, 0.15) is 17.1 Å². The van der Waals surface area contributed by atoms with E-state index in [1.807, 2.05) is 42.2 Å². The normalized spacial score (nSPS) is 16.6. The van der Waals surface area contributed by atoms with Crippen LogP contribution in [0.15, 0.2) is 91.2 Å². The molecule has 0 saturated carbocycles. The van der Waals surface area contributed by atoms with Crippen LogP contribution in [0.4, 0.5) is 5.82 Å². The van der Waals surface area contributed by atoms with Crippen molar-refractivity contribution in [1.82, 2.24) is 29.3 Å². The number of imidazole rings is 1. The maximum absolute atomic E-state index is 13.2. The number of aromatic hydroxyl groups is 1. The van der Waals surface area contributed by atoms with E-state index in [1.54, 1.807) is 12.3 Å². The first-order chi connectivity index (χ1) is 25.3. The second-order valence-corrected chi connectivity index (χ2v) is 13.9. The van der Waals surface area contributed by atoms with Gasteiger partial charge in [0.25, 0.3) is 5.91 Å². The van der Waals surface area contributed by atoms with Gasteiger partial charge in [0.15, 0.2) is 17.8 Å². The van der Waals surface area contributed by atoms with Gasteiger partial charge in [-0.15, -0.1) is 0 Å². The first-order valence-corrected chi connectivity index (χ1v) is 18.1. The Balaban J connectivity index is 1.05. The fraction of sp³-hybridized carbons (Fsp3) is 0.310. The minimum atomic E-state index is -0.107. The van der Waals surface area contributed by atoms with Crippen molar-refractivity contribution in [2.45, 2.75) is 52.5 Å². The molecule has 2 aromatic carbocycles. The zero-order chi connectivity index (χ0) is 36.2. The average molecular weight is 696 g/mol. The predicted octanol–water partition coefficient (Wildman–Crippen LogP) is 7.47. The highest BCUT2D eigenvalue weighted by Gasteiger charge is 2.38. The van der Waals surface area contributed by atoms with Crippen molar-refractivity contribution in [1.29, 1.82) is 0 Å². The second-order valence-electron chi connectivity index (χ2n) is 13.9. The number of benzene rings is 2. The molecule has 7 rings (SSSR count). The van der Waals surface area contributed by atoms with Gasteiger partial charge >= 0.3 is 0 Å². The number of anilines is 1. The number of fused-ring (bicyclic) bond motifs is 1. The largest absolute Gasteiger partial charge is 0.507 e. The lowest BCUT2D eigenvalue weighted by atomic mass is 9.71. The van der Waals surface area contributed by atoms with E-state index in [-0.39, 0.29) is 22.6 Å². The maximum Gasteiger partial charge on any atom is 0.253 e. The van der Waals surface area contributed by atoms with Crippen molar-refractivity contribution >= 4 is 34.7 Å². The summed E-state index contributed by atoms with van der Waals surface area (Å²) in [6.45, 7) is 8.44. The van der Waals surface area contributed by atoms with Gasteiger partial charge in [-0.05, 0) is 123 Å². The van der Waals surface area contributed by atoms with Crippen molar-refractivity contribution < 1.29 is 14.7 Å². The van der Waals surface area contributed by atoms with Crippen molar-refractivity contribution in [3.63, 3.8) is 0 Å². The molecule has 3 aromatic heterocycles. The number of hydrogen-bond acceptors (Lipinski definition) is 8. The van der Waals surface area contributed by atoms with Crippen molar-refractivity contribution in [3.05, 3.63) is 114 Å². The Morgan fingerprint density at radius 3 is 2.40 bits per heavy atom. The Hall–Kier alpha value is -5.61. The minimum absolute atomic E-state index is 0.0819. The van der Waals surface area contributed by atoms with Gasteiger partial charge in [-0.3, -0.25) is 19.1 Å². The van der Waals surface area contributed by atoms with Gasteiger partial charge in [-0.1, -0.05) is 37.3 Å². The van der Waals surface area contributed by atoms with Gasteiger partial charge in [0.05, 0.1) is 16.8 Å². The molecule has 0 bridgehead atoms. The summed E-state index contributed by atoms with van der Waals surface area (Å²) in [6.07, 6.45) is 13.6. The van der Waals surface area contributed by atoms with E-state index in [2.05, 4.69) is 57.8 Å². The van der Waals surface area contributed by atoms with Crippen LogP contribution < -0.4 is 5.73 Å². The Kier molecular flexibility index (Phi) is 10.0. The molecule has 5 aromatic rings. The van der Waals surface area contributed by atoms with Crippen molar-refractivity contribution in [2.24, 2.45) is 5.41 Å². The number of piperidine rings is 2. The summed E-state index contributed by atoms with van der Waals surface area (Å²) < 4.78 is 2.08. The number of nitrogens with two attached hydrogens (primary N) is 1. The number of hydrogen-bond donors (Lipinski definition) is 2. The molecule has 0 atom stereocenters. The highest BCUT2D eigenvalue weighted by atomic mass is 16.3. The molecule has 52 heavy (non-hydrogen) atoms. The number of phenolic OH excluding ortho intramolecular Hbond substituents is 1. The quantitative estimate of drug-likeness (QED) is 0.120. The molecule has 1 spiro atoms. The monoisotopic (exact) mass is 695 g/mol. The van der Waals surface area contributed by atoms with E-state index in [9.17, 15) is 14.7 Å². The van der Waals surface area contributed by atoms with Gasteiger partial charge < -0.3 is 15.7 Å². The van der Waals surface area contributed by atoms with Crippen LogP contribution in [-0.2, 0) is 6.54 Å². The lowest BCUT2D eigenvalue weighted by Gasteiger charge is -2.47. The van der Waals surface area contributed by atoms with E-state index in [4.69, 9.17) is 15.7 Å². The lowest BCUT2D eigenvalue weighted by Crippen LogP contribution is -2.48. The van der Waals surface area contributed by atoms with Crippen LogP contribution in [0.2, 0.25) is 0 Å². The third-order valence-electron chi connectivity index (χ3n) is 10.7. The third-order valence-corrected chi connectivity index (χ3v) is 10.7. The Morgan fingerprint density at radius 2 is 1.71 bits per heavy atom. The molecule has 2 aliphatic rings. The molecule has 3 N–H and O–H groups in total. The number of carbonyl (C=O) groups is 2. The van der Waals surface area contributed by atoms with E-state index in [1.165, 1.54) is 17.7 Å². The van der Waals surface area contributed by atoms with Crippen LogP contribution in [0.5, 0.6) is 5.75 Å². The number of pyridine rings is 2. The summed E-state index contributed by atoms with van der Waals surface area (Å²) in [5.74, 6) is 0.931. The number of nitrogen functional groups attached to an aromatic ring is 1. The Bertz CT molecular complexity index is 2150. The summed E-state index contributed by atoms with van der Waals surface area (Å²) in [5.41, 5.74) is 13.7. The average Bonchev–Trinajstić information content (AvgIpc) is 3.55. The highest BCUT2D eigenvalue weighted by molar-refractivity contribution is 5.96. The van der Waals surface area contributed by atoms with Crippen molar-refractivity contribution in [2.75, 3.05) is 31.9 Å². The molecular formula is C42H45N7O3. The molecule has 2 fully saturated rings. The molecular weight excluding hydrogens is 651 g/mol. The summed E-state index contributed by atoms with van der Waals surface area (Å²) in [4.78, 5) is 43.3. The molecule has 0 radical (unpaired) electrons. The predicted molar refractivity (Wildman–Crippen MR) is 205 cm³/mol. The van der Waals surface area contributed by atoms with Gasteiger partial charge in [-0.2, -0.15) is 0 Å². The molecule has 10 nitrogen and oxygen atoms in total. The topological polar surface area (TPSA) is 130 Å². The van der Waals surface area contributed by atoms with Crippen LogP contribution in [0.1, 0.15) is 77.9 Å². The highest BCUT2D eigenvalue weighted by Crippen LogP contribution is 2.42. The third kappa shape index (κ3) is 6.98. The number of carbonyl (C=O) groups excluding carboxylic acids is 2. The van der Waals surface area contributed by atoms with Gasteiger partial charge in [0, 0.05) is 37.1 Å². The molecule has 10 heteroatoms. The SMILES string of the molecule is C/C=C\C(=C/CC)c1ccc2nc(-c3cccnc3N)n(-c3ccc(CN4CCC5(CC4)CCN(C(=O)c4ccc(O)c(C=O)c4)CC5)cc3)c2n1. The van der Waals surface area contributed by atoms with Crippen LogP contribution in [-0.4, -0.2) is 72.8 Å². The second kappa shape index (κ2) is 14.9. The molecule has 0 unspecified atom stereocenters. The van der Waals surface area contributed by atoms with Crippen LogP contribution in [0.25, 0.3) is 33.8 Å². The molecule has 1 amide bonds. The van der Waals surface area contributed by atoms with Crippen LogP contribution in [0.3, 0.4) is 0 Å². The number of likely N-dealkylation sites (tertiary alicyclic amines) is 2. The number of allylic oxidation sites excluding steroid dienone is 4. The number of amides is 1. The number of phenols is 1. The Morgan fingerprint density at radius 1 is 0.962 bits per heavy atom. The summed E-state index contributed by atoms with van der Waals surface area (Å²) >= 11 is 0. The van der Waals surface area contributed by atoms with E-state index in [0.29, 0.717) is 36.6 Å². The van der Waals surface area contributed by atoms with Crippen molar-refractivity contribution in [3.8, 4) is 22.8 Å². The summed E-state index contributed by atoms with van der Waals surface area (Å²) in [6, 6.07) is 21.0. The van der Waals surface area contributed by atoms with Gasteiger partial charge in [0.2, 0.25) is 0 Å². The first-order valence-electron chi connectivity index (χ1n) is 18.1. The number of rotatable bonds is 9. The zero-order valence-corrected chi connectivity index (χ0v) is 29.8. The van der Waals surface area contributed by atoms with E-state index >= 15 is 0 Å². The molecule has 0 aliphatic carbocycles. The van der Waals surface area contributed by atoms with E-state index in [0.717, 1.165) is 85.4 Å². The smallest absolute Gasteiger partial charge is 0.253 e. The number of nitrogens with zero attached hydrogens (tertiary/aromatic N) is 6. The van der Waals surface area contributed by atoms with E-state index < -0.39 is 0 Å². The number of aldehydes is 1. The summed E-state index contributed by atoms with van der Waals surface area (Å²) in [7, 11) is 0. The fourth-order valence-electron chi connectivity index (χ4n) is 7.65. The fourth-order valence-corrected chi connectivity index (χ4v) is 7.65. The lowest BCUT2D eigenvalue weighted by molar-refractivity contribution is 0.0285. The number of aromatic nitrogens is 4. The van der Waals surface area contributed by atoms with Crippen LogP contribution in [0, 0.1) is 5.41 Å². The maximum atomic E-state index is 13.2. The standard InChI is InChI=1S/C42H45N7O3/c1-3-6-30(7-4-2)35-14-15-36-40(45-35)49(39(46-36)34-8-5-21-44-38(34)43)33-12-9-29(10-13-33)27-47-22-17-42(18-23-47)19-24-48(25-20-42)41(52)31-11-16-37(51)32(26-31)28-50/h3,5-16,21,26,28,51H,4,17-20,22-25,27H2,1-2H3,(H2,43,44)/b6-3-,30-7+. The molecule has 5 heterocycles. The first kappa shape index (κ1) is 34.8. The van der Waals surface area contributed by atoms with Gasteiger partial charge in [-0.25, -0.2) is 15.0 Å². The zero-order valence-electron chi connectivity index (χ0n) is 29.8. The Labute approximate surface area is 304 Å². The minimum Gasteiger partial charge on any atom is -0.507 e. The van der Waals surface area contributed by atoms with Crippen LogP contribution >= 0.6 is 0 Å².